The number of sulfone groups is 1. The molecule has 1 aliphatic rings. The Bertz CT molecular complexity index is 349. The lowest BCUT2D eigenvalue weighted by Gasteiger charge is -2.11. The van der Waals surface area contributed by atoms with Gasteiger partial charge in [0.1, 0.15) is 6.54 Å². The maximum atomic E-state index is 11.7. The molecule has 1 fully saturated rings. The van der Waals surface area contributed by atoms with Crippen LogP contribution in [0.25, 0.3) is 0 Å². The van der Waals surface area contributed by atoms with Gasteiger partial charge in [0.25, 0.3) is 0 Å². The van der Waals surface area contributed by atoms with Crippen molar-refractivity contribution in [3.63, 3.8) is 0 Å². The van der Waals surface area contributed by atoms with Crippen molar-refractivity contribution in [2.45, 2.75) is 12.6 Å². The predicted molar refractivity (Wildman–Crippen MR) is 45.8 cm³/mol. The van der Waals surface area contributed by atoms with Gasteiger partial charge in [0.2, 0.25) is 5.91 Å². The second-order valence-electron chi connectivity index (χ2n) is 3.43. The highest BCUT2D eigenvalue weighted by molar-refractivity contribution is 7.91. The van der Waals surface area contributed by atoms with Crippen molar-refractivity contribution in [1.29, 1.82) is 0 Å². The molecule has 1 N–H and O–H groups in total. The van der Waals surface area contributed by atoms with E-state index < -0.39 is 34.4 Å². The fourth-order valence-electron chi connectivity index (χ4n) is 1.33. The minimum atomic E-state index is -4.47. The Balaban J connectivity index is 2.43. The van der Waals surface area contributed by atoms with Gasteiger partial charge in [0, 0.05) is 0 Å². The Morgan fingerprint density at radius 1 is 1.40 bits per heavy atom. The molecule has 0 aromatic heterocycles. The minimum absolute atomic E-state index is 0.103. The lowest BCUT2D eigenvalue weighted by molar-refractivity contribution is -0.140. The van der Waals surface area contributed by atoms with Crippen LogP contribution in [0.2, 0.25) is 0 Å². The molecule has 0 bridgehead atoms. The van der Waals surface area contributed by atoms with Gasteiger partial charge in [-0.2, -0.15) is 13.2 Å². The van der Waals surface area contributed by atoms with Crippen molar-refractivity contribution >= 4 is 15.7 Å². The summed E-state index contributed by atoms with van der Waals surface area (Å²) < 4.78 is 57.1. The monoisotopic (exact) mass is 245 g/mol. The summed E-state index contributed by atoms with van der Waals surface area (Å²) in [6.07, 6.45) is -4.36. The average Bonchev–Trinajstić information content (AvgIpc) is 2.40. The standard InChI is InChI=1S/C7H10F3NO3S/c8-7(9,10)4-11-6(12)5-1-2-15(13,14)3-5/h5H,1-4H2,(H,11,12). The molecule has 0 aliphatic carbocycles. The summed E-state index contributed by atoms with van der Waals surface area (Å²) in [5.41, 5.74) is 0. The van der Waals surface area contributed by atoms with Crippen LogP contribution in [0.4, 0.5) is 13.2 Å². The van der Waals surface area contributed by atoms with E-state index in [9.17, 15) is 26.4 Å². The molecule has 0 spiro atoms. The fraction of sp³-hybridized carbons (Fsp3) is 0.857. The third-order valence-corrected chi connectivity index (χ3v) is 3.83. The van der Waals surface area contributed by atoms with Gasteiger partial charge < -0.3 is 5.32 Å². The van der Waals surface area contributed by atoms with E-state index >= 15 is 0 Å². The molecule has 0 saturated carbocycles. The van der Waals surface area contributed by atoms with Crippen molar-refractivity contribution in [2.24, 2.45) is 5.92 Å². The van der Waals surface area contributed by atoms with Crippen LogP contribution in [0.1, 0.15) is 6.42 Å². The number of carbonyl (C=O) groups excluding carboxylic acids is 1. The summed E-state index contributed by atoms with van der Waals surface area (Å²) in [6, 6.07) is 0. The smallest absolute Gasteiger partial charge is 0.347 e. The van der Waals surface area contributed by atoms with Gasteiger partial charge in [0.05, 0.1) is 17.4 Å². The quantitative estimate of drug-likeness (QED) is 0.750. The van der Waals surface area contributed by atoms with Crippen LogP contribution in [-0.2, 0) is 14.6 Å². The van der Waals surface area contributed by atoms with Crippen molar-refractivity contribution in [1.82, 2.24) is 5.32 Å². The molecule has 15 heavy (non-hydrogen) atoms. The molecule has 88 valence electrons. The van der Waals surface area contributed by atoms with Gasteiger partial charge >= 0.3 is 6.18 Å². The molecule has 8 heteroatoms. The number of rotatable bonds is 2. The zero-order chi connectivity index (χ0) is 11.7. The predicted octanol–water partition coefficient (Wildman–Crippen LogP) is 0.0996. The Kier molecular flexibility index (Phi) is 3.27. The van der Waals surface area contributed by atoms with Gasteiger partial charge in [-0.15, -0.1) is 0 Å². The second kappa shape index (κ2) is 3.99. The topological polar surface area (TPSA) is 63.2 Å². The third kappa shape index (κ3) is 4.06. The van der Waals surface area contributed by atoms with Crippen LogP contribution in [0.15, 0.2) is 0 Å². The van der Waals surface area contributed by atoms with E-state index in [4.69, 9.17) is 0 Å². The van der Waals surface area contributed by atoms with Crippen molar-refractivity contribution in [3.8, 4) is 0 Å². The summed E-state index contributed by atoms with van der Waals surface area (Å²) >= 11 is 0. The first kappa shape index (κ1) is 12.3. The van der Waals surface area contributed by atoms with Gasteiger partial charge in [-0.05, 0) is 6.42 Å². The van der Waals surface area contributed by atoms with Crippen LogP contribution in [0.5, 0.6) is 0 Å². The van der Waals surface area contributed by atoms with Crippen LogP contribution in [0.3, 0.4) is 0 Å². The molecule has 4 nitrogen and oxygen atoms in total. The Labute approximate surface area is 84.8 Å². The molecule has 0 radical (unpaired) electrons. The molecule has 1 unspecified atom stereocenters. The summed E-state index contributed by atoms with van der Waals surface area (Å²) in [6.45, 7) is -1.41. The van der Waals surface area contributed by atoms with Gasteiger partial charge in [0.15, 0.2) is 9.84 Å². The normalized spacial score (nSPS) is 25.1. The van der Waals surface area contributed by atoms with E-state index in [2.05, 4.69) is 0 Å². The largest absolute Gasteiger partial charge is 0.405 e. The summed E-state index contributed by atoms with van der Waals surface area (Å²) in [4.78, 5) is 11.1. The highest BCUT2D eigenvalue weighted by Gasteiger charge is 2.35. The minimum Gasteiger partial charge on any atom is -0.347 e. The summed E-state index contributed by atoms with van der Waals surface area (Å²) in [5, 5.41) is 1.67. The molecular formula is C7H10F3NO3S. The first-order chi connectivity index (χ1) is 6.70. The lowest BCUT2D eigenvalue weighted by atomic mass is 10.1. The number of amides is 1. The molecule has 1 heterocycles. The Morgan fingerprint density at radius 3 is 2.40 bits per heavy atom. The molecule has 0 aromatic rings. The zero-order valence-corrected chi connectivity index (χ0v) is 8.49. The van der Waals surface area contributed by atoms with Gasteiger partial charge in [-0.3, -0.25) is 4.79 Å². The van der Waals surface area contributed by atoms with E-state index in [0.29, 0.717) is 0 Å². The van der Waals surface area contributed by atoms with Crippen LogP contribution in [0, 0.1) is 5.92 Å². The summed E-state index contributed by atoms with van der Waals surface area (Å²) in [5.74, 6) is -2.15. The molecule has 1 aliphatic heterocycles. The van der Waals surface area contributed by atoms with Gasteiger partial charge in [-0.1, -0.05) is 0 Å². The number of halogens is 3. The van der Waals surface area contributed by atoms with Crippen molar-refractivity contribution in [3.05, 3.63) is 0 Å². The number of alkyl halides is 3. The highest BCUT2D eigenvalue weighted by Crippen LogP contribution is 2.19. The lowest BCUT2D eigenvalue weighted by Crippen LogP contribution is -2.38. The molecule has 1 atom stereocenters. The Morgan fingerprint density at radius 2 is 2.00 bits per heavy atom. The molecule has 1 saturated heterocycles. The SMILES string of the molecule is O=C(NCC(F)(F)F)C1CCS(=O)(=O)C1. The highest BCUT2D eigenvalue weighted by atomic mass is 32.2. The van der Waals surface area contributed by atoms with Crippen molar-refractivity contribution in [2.75, 3.05) is 18.1 Å². The number of nitrogens with one attached hydrogen (secondary N) is 1. The van der Waals surface area contributed by atoms with Gasteiger partial charge in [-0.25, -0.2) is 8.42 Å². The first-order valence-electron chi connectivity index (χ1n) is 4.24. The molecular weight excluding hydrogens is 235 g/mol. The van der Waals surface area contributed by atoms with E-state index in [-0.39, 0.29) is 17.9 Å². The second-order valence-corrected chi connectivity index (χ2v) is 5.66. The molecule has 1 amide bonds. The van der Waals surface area contributed by atoms with E-state index in [1.165, 1.54) is 0 Å². The molecule has 0 aromatic carbocycles. The van der Waals surface area contributed by atoms with Crippen LogP contribution >= 0.6 is 0 Å². The maximum absolute atomic E-state index is 11.7. The van der Waals surface area contributed by atoms with E-state index in [1.54, 1.807) is 5.32 Å². The van der Waals surface area contributed by atoms with Crippen LogP contribution < -0.4 is 5.32 Å². The maximum Gasteiger partial charge on any atom is 0.405 e. The summed E-state index contributed by atoms with van der Waals surface area (Å²) in [7, 11) is -3.24. The number of hydrogen-bond donors (Lipinski definition) is 1. The van der Waals surface area contributed by atoms with E-state index in [0.717, 1.165) is 0 Å². The first-order valence-corrected chi connectivity index (χ1v) is 6.07. The zero-order valence-electron chi connectivity index (χ0n) is 7.67. The molecule has 1 rings (SSSR count). The van der Waals surface area contributed by atoms with E-state index in [1.807, 2.05) is 0 Å². The third-order valence-electron chi connectivity index (χ3n) is 2.07. The van der Waals surface area contributed by atoms with Crippen molar-refractivity contribution < 1.29 is 26.4 Å². The fourth-order valence-corrected chi connectivity index (χ4v) is 3.07. The van der Waals surface area contributed by atoms with Crippen LogP contribution in [-0.4, -0.2) is 38.6 Å². The average molecular weight is 245 g/mol. The Hall–Kier alpha value is -0.790. The number of hydrogen-bond acceptors (Lipinski definition) is 3. The number of carbonyl (C=O) groups is 1.